The van der Waals surface area contributed by atoms with Gasteiger partial charge in [0.05, 0.1) is 13.0 Å². The summed E-state index contributed by atoms with van der Waals surface area (Å²) in [5.74, 6) is -1.06. The average molecular weight is 230 g/mol. The Morgan fingerprint density at radius 3 is 2.25 bits per heavy atom. The third-order valence-electron chi connectivity index (χ3n) is 2.06. The zero-order valence-corrected chi connectivity index (χ0v) is 10.5. The van der Waals surface area contributed by atoms with Crippen LogP contribution in [0.1, 0.15) is 40.5 Å². The molecule has 1 unspecified atom stereocenters. The number of amides is 1. The van der Waals surface area contributed by atoms with Crippen LogP contribution in [-0.4, -0.2) is 35.1 Å². The zero-order chi connectivity index (χ0) is 12.8. The molecule has 0 aliphatic carbocycles. The van der Waals surface area contributed by atoms with Crippen molar-refractivity contribution in [2.45, 2.75) is 52.1 Å². The first-order chi connectivity index (χ1) is 7.24. The standard InChI is InChI=1S/C11H22N2O3/c1-5-8(6-10(15)16)13-9(14)7-12-11(2,3)4/h8,12H,5-7H2,1-4H3,(H,13,14)(H,15,16). The highest BCUT2D eigenvalue weighted by atomic mass is 16.4. The second-order valence-corrected chi connectivity index (χ2v) is 4.87. The zero-order valence-electron chi connectivity index (χ0n) is 10.5. The van der Waals surface area contributed by atoms with Crippen molar-refractivity contribution in [1.29, 1.82) is 0 Å². The van der Waals surface area contributed by atoms with Gasteiger partial charge in [-0.2, -0.15) is 0 Å². The summed E-state index contributed by atoms with van der Waals surface area (Å²) in [4.78, 5) is 22.0. The van der Waals surface area contributed by atoms with Gasteiger partial charge in [0.25, 0.3) is 0 Å². The topological polar surface area (TPSA) is 78.4 Å². The van der Waals surface area contributed by atoms with E-state index in [-0.39, 0.29) is 30.5 Å². The van der Waals surface area contributed by atoms with E-state index in [0.717, 1.165) is 0 Å². The van der Waals surface area contributed by atoms with Gasteiger partial charge < -0.3 is 15.7 Å². The molecule has 0 heterocycles. The van der Waals surface area contributed by atoms with Crippen LogP contribution in [-0.2, 0) is 9.59 Å². The van der Waals surface area contributed by atoms with Gasteiger partial charge >= 0.3 is 5.97 Å². The molecule has 3 N–H and O–H groups in total. The monoisotopic (exact) mass is 230 g/mol. The van der Waals surface area contributed by atoms with E-state index in [9.17, 15) is 9.59 Å². The molecule has 1 atom stereocenters. The smallest absolute Gasteiger partial charge is 0.305 e. The Hall–Kier alpha value is -1.10. The fraction of sp³-hybridized carbons (Fsp3) is 0.818. The number of carbonyl (C=O) groups excluding carboxylic acids is 1. The van der Waals surface area contributed by atoms with E-state index >= 15 is 0 Å². The van der Waals surface area contributed by atoms with Crippen molar-refractivity contribution in [3.8, 4) is 0 Å². The minimum absolute atomic E-state index is 0.0300. The Morgan fingerprint density at radius 1 is 1.31 bits per heavy atom. The van der Waals surface area contributed by atoms with Crippen molar-refractivity contribution in [2.75, 3.05) is 6.54 Å². The first-order valence-corrected chi connectivity index (χ1v) is 5.50. The fourth-order valence-corrected chi connectivity index (χ4v) is 1.13. The largest absolute Gasteiger partial charge is 0.481 e. The summed E-state index contributed by atoms with van der Waals surface area (Å²) in [5, 5.41) is 14.4. The first kappa shape index (κ1) is 14.9. The quantitative estimate of drug-likeness (QED) is 0.629. The molecule has 94 valence electrons. The number of carboxylic acid groups (broad SMARTS) is 1. The van der Waals surface area contributed by atoms with Gasteiger partial charge in [0.15, 0.2) is 0 Å². The molecule has 0 aromatic heterocycles. The lowest BCUT2D eigenvalue weighted by Crippen LogP contribution is -2.46. The highest BCUT2D eigenvalue weighted by molar-refractivity contribution is 5.79. The molecule has 1 amide bonds. The summed E-state index contributed by atoms with van der Waals surface area (Å²) in [6.45, 7) is 7.96. The van der Waals surface area contributed by atoms with E-state index in [1.807, 2.05) is 27.7 Å². The Balaban J connectivity index is 3.97. The molecule has 0 saturated carbocycles. The van der Waals surface area contributed by atoms with Crippen LogP contribution in [0.5, 0.6) is 0 Å². The predicted molar refractivity (Wildman–Crippen MR) is 62.2 cm³/mol. The van der Waals surface area contributed by atoms with Gasteiger partial charge in [-0.15, -0.1) is 0 Å². The molecule has 0 bridgehead atoms. The van der Waals surface area contributed by atoms with Crippen LogP contribution in [0.3, 0.4) is 0 Å². The fourth-order valence-electron chi connectivity index (χ4n) is 1.13. The van der Waals surface area contributed by atoms with E-state index in [2.05, 4.69) is 10.6 Å². The number of aliphatic carboxylic acids is 1. The second kappa shape index (κ2) is 6.48. The van der Waals surface area contributed by atoms with Gasteiger partial charge in [-0.05, 0) is 27.2 Å². The van der Waals surface area contributed by atoms with Crippen molar-refractivity contribution >= 4 is 11.9 Å². The lowest BCUT2D eigenvalue weighted by Gasteiger charge is -2.21. The molecule has 0 fully saturated rings. The van der Waals surface area contributed by atoms with Crippen LogP contribution >= 0.6 is 0 Å². The minimum Gasteiger partial charge on any atom is -0.481 e. The van der Waals surface area contributed by atoms with Gasteiger partial charge in [-0.25, -0.2) is 0 Å². The second-order valence-electron chi connectivity index (χ2n) is 4.87. The van der Waals surface area contributed by atoms with E-state index in [1.165, 1.54) is 0 Å². The van der Waals surface area contributed by atoms with Crippen LogP contribution in [0.25, 0.3) is 0 Å². The summed E-state index contributed by atoms with van der Waals surface area (Å²) in [6.07, 6.45) is 0.589. The number of rotatable bonds is 6. The van der Waals surface area contributed by atoms with Gasteiger partial charge in [0, 0.05) is 11.6 Å². The lowest BCUT2D eigenvalue weighted by atomic mass is 10.1. The van der Waals surface area contributed by atoms with Crippen molar-refractivity contribution < 1.29 is 14.7 Å². The number of carbonyl (C=O) groups is 2. The van der Waals surface area contributed by atoms with Crippen molar-refractivity contribution in [2.24, 2.45) is 0 Å². The van der Waals surface area contributed by atoms with Gasteiger partial charge in [-0.1, -0.05) is 6.92 Å². The first-order valence-electron chi connectivity index (χ1n) is 5.50. The van der Waals surface area contributed by atoms with E-state index in [0.29, 0.717) is 6.42 Å². The molecule has 5 nitrogen and oxygen atoms in total. The molecule has 0 radical (unpaired) electrons. The number of carboxylic acids is 1. The maximum Gasteiger partial charge on any atom is 0.305 e. The van der Waals surface area contributed by atoms with Crippen molar-refractivity contribution in [1.82, 2.24) is 10.6 Å². The summed E-state index contributed by atoms with van der Waals surface area (Å²) >= 11 is 0. The average Bonchev–Trinajstić information content (AvgIpc) is 2.12. The molecule has 0 saturated heterocycles. The molecule has 0 aromatic carbocycles. The van der Waals surface area contributed by atoms with E-state index in [4.69, 9.17) is 5.11 Å². The van der Waals surface area contributed by atoms with Crippen LogP contribution < -0.4 is 10.6 Å². The molecular formula is C11H22N2O3. The SMILES string of the molecule is CCC(CC(=O)O)NC(=O)CNC(C)(C)C. The number of hydrogen-bond acceptors (Lipinski definition) is 3. The highest BCUT2D eigenvalue weighted by Crippen LogP contribution is 1.99. The molecule has 0 rings (SSSR count). The highest BCUT2D eigenvalue weighted by Gasteiger charge is 2.15. The summed E-state index contributed by atoms with van der Waals surface area (Å²) in [5.41, 5.74) is -0.119. The Kier molecular flexibility index (Phi) is 6.03. The summed E-state index contributed by atoms with van der Waals surface area (Å²) in [7, 11) is 0. The molecule has 0 aliphatic rings. The molecule has 0 aromatic rings. The predicted octanol–water partition coefficient (Wildman–Crippen LogP) is 0.744. The number of nitrogens with one attached hydrogen (secondary N) is 2. The van der Waals surface area contributed by atoms with Gasteiger partial charge in [0.1, 0.15) is 0 Å². The van der Waals surface area contributed by atoms with E-state index < -0.39 is 5.97 Å². The normalized spacial score (nSPS) is 13.2. The van der Waals surface area contributed by atoms with Gasteiger partial charge in [-0.3, -0.25) is 9.59 Å². The molecule has 0 spiro atoms. The Bertz CT molecular complexity index is 246. The maximum absolute atomic E-state index is 11.5. The Morgan fingerprint density at radius 2 is 1.88 bits per heavy atom. The molecule has 16 heavy (non-hydrogen) atoms. The summed E-state index contributed by atoms with van der Waals surface area (Å²) in [6, 6.07) is -0.285. The van der Waals surface area contributed by atoms with Crippen molar-refractivity contribution in [3.05, 3.63) is 0 Å². The summed E-state index contributed by atoms with van der Waals surface area (Å²) < 4.78 is 0. The lowest BCUT2D eigenvalue weighted by molar-refractivity contribution is -0.137. The third-order valence-corrected chi connectivity index (χ3v) is 2.06. The third kappa shape index (κ3) is 8.23. The molecule has 0 aliphatic heterocycles. The molecule has 5 heteroatoms. The Labute approximate surface area is 96.6 Å². The minimum atomic E-state index is -0.893. The van der Waals surface area contributed by atoms with Crippen LogP contribution in [0.15, 0.2) is 0 Å². The van der Waals surface area contributed by atoms with Crippen LogP contribution in [0.4, 0.5) is 0 Å². The van der Waals surface area contributed by atoms with Gasteiger partial charge in [0.2, 0.25) is 5.91 Å². The van der Waals surface area contributed by atoms with Crippen molar-refractivity contribution in [3.63, 3.8) is 0 Å². The molecular weight excluding hydrogens is 208 g/mol. The van der Waals surface area contributed by atoms with Crippen LogP contribution in [0.2, 0.25) is 0 Å². The number of hydrogen-bond donors (Lipinski definition) is 3. The van der Waals surface area contributed by atoms with Crippen LogP contribution in [0, 0.1) is 0 Å². The van der Waals surface area contributed by atoms with E-state index in [1.54, 1.807) is 0 Å². The maximum atomic E-state index is 11.5.